The smallest absolute Gasteiger partial charge is 0.349 e. The maximum absolute atomic E-state index is 12.7. The van der Waals surface area contributed by atoms with E-state index < -0.39 is 18.0 Å². The Hall–Kier alpha value is -2.22. The number of carbonyl (C=O) groups is 2. The molecule has 0 N–H and O–H groups in total. The van der Waals surface area contributed by atoms with Crippen LogP contribution < -0.4 is 5.56 Å². The van der Waals surface area contributed by atoms with E-state index in [2.05, 4.69) is 4.98 Å². The Morgan fingerprint density at radius 3 is 2.68 bits per heavy atom. The van der Waals surface area contributed by atoms with Gasteiger partial charge in [-0.05, 0) is 18.9 Å². The molecule has 0 unspecified atom stereocenters. The molecule has 0 fully saturated rings. The van der Waals surface area contributed by atoms with Crippen molar-refractivity contribution in [3.05, 3.63) is 26.6 Å². The Balaban J connectivity index is 2.00. The lowest BCUT2D eigenvalue weighted by Gasteiger charge is -2.18. The normalized spacial score (nSPS) is 14.6. The second-order valence-electron chi connectivity index (χ2n) is 6.42. The molecular formula is C17H20N2O5S. The van der Waals surface area contributed by atoms with Gasteiger partial charge in [-0.15, -0.1) is 11.3 Å². The average Bonchev–Trinajstić information content (AvgIpc) is 3.16. The number of methoxy groups -OCH3 is 1. The van der Waals surface area contributed by atoms with Crippen molar-refractivity contribution in [2.24, 2.45) is 5.92 Å². The molecule has 3 rings (SSSR count). The maximum Gasteiger partial charge on any atom is 0.349 e. The number of fused-ring (bicyclic) bond motifs is 2. The third kappa shape index (κ3) is 2.95. The van der Waals surface area contributed by atoms with Crippen molar-refractivity contribution in [3.63, 3.8) is 0 Å². The molecule has 0 aromatic carbocycles. The standard InChI is InChI=1S/C17H20N2O5S/c1-8(2)12(16(21)23-4)24-17(22)13-9(3)11-14(25-13)18-10-6-5-7-19(10)15(11)20/h8,12H,5-7H2,1-4H3/t12-/m1/s1. The first-order valence-electron chi connectivity index (χ1n) is 8.16. The Bertz CT molecular complexity index is 912. The lowest BCUT2D eigenvalue weighted by molar-refractivity contribution is -0.153. The summed E-state index contributed by atoms with van der Waals surface area (Å²) in [5.41, 5.74) is 0.441. The van der Waals surface area contributed by atoms with Gasteiger partial charge < -0.3 is 9.47 Å². The van der Waals surface area contributed by atoms with Crippen molar-refractivity contribution in [3.8, 4) is 0 Å². The number of hydrogen-bond donors (Lipinski definition) is 0. The zero-order chi connectivity index (χ0) is 18.3. The third-order valence-electron chi connectivity index (χ3n) is 4.37. The van der Waals surface area contributed by atoms with Crippen molar-refractivity contribution >= 4 is 33.5 Å². The molecule has 2 aromatic rings. The van der Waals surface area contributed by atoms with Crippen molar-refractivity contribution in [2.75, 3.05) is 7.11 Å². The number of thiophene rings is 1. The Kier molecular flexibility index (Phi) is 4.64. The van der Waals surface area contributed by atoms with Gasteiger partial charge in [-0.25, -0.2) is 14.6 Å². The predicted molar refractivity (Wildman–Crippen MR) is 93.0 cm³/mol. The number of ether oxygens (including phenoxy) is 2. The number of carbonyl (C=O) groups excluding carboxylic acids is 2. The van der Waals surface area contributed by atoms with Gasteiger partial charge in [-0.3, -0.25) is 9.36 Å². The van der Waals surface area contributed by atoms with E-state index in [1.54, 1.807) is 25.3 Å². The van der Waals surface area contributed by atoms with Gasteiger partial charge in [0, 0.05) is 18.9 Å². The Morgan fingerprint density at radius 1 is 1.32 bits per heavy atom. The first kappa shape index (κ1) is 17.6. The fourth-order valence-electron chi connectivity index (χ4n) is 3.01. The first-order valence-corrected chi connectivity index (χ1v) is 8.98. The van der Waals surface area contributed by atoms with Crippen LogP contribution in [-0.4, -0.2) is 34.7 Å². The van der Waals surface area contributed by atoms with Crippen LogP contribution in [0.1, 0.15) is 41.3 Å². The Morgan fingerprint density at radius 2 is 2.04 bits per heavy atom. The highest BCUT2D eigenvalue weighted by molar-refractivity contribution is 7.20. The highest BCUT2D eigenvalue weighted by atomic mass is 32.1. The molecule has 25 heavy (non-hydrogen) atoms. The number of nitrogens with zero attached hydrogens (tertiary/aromatic N) is 2. The van der Waals surface area contributed by atoms with E-state index in [0.29, 0.717) is 27.2 Å². The van der Waals surface area contributed by atoms with Gasteiger partial charge in [0.25, 0.3) is 5.56 Å². The van der Waals surface area contributed by atoms with E-state index in [1.165, 1.54) is 7.11 Å². The van der Waals surface area contributed by atoms with Crippen LogP contribution in [0, 0.1) is 12.8 Å². The van der Waals surface area contributed by atoms with Gasteiger partial charge in [0.05, 0.1) is 12.5 Å². The third-order valence-corrected chi connectivity index (χ3v) is 5.54. The summed E-state index contributed by atoms with van der Waals surface area (Å²) in [6.07, 6.45) is 0.684. The molecule has 134 valence electrons. The number of esters is 2. The van der Waals surface area contributed by atoms with Crippen molar-refractivity contribution < 1.29 is 19.1 Å². The molecule has 0 bridgehead atoms. The van der Waals surface area contributed by atoms with Crippen molar-refractivity contribution in [1.29, 1.82) is 0 Å². The quantitative estimate of drug-likeness (QED) is 0.772. The minimum absolute atomic E-state index is 0.112. The summed E-state index contributed by atoms with van der Waals surface area (Å²) in [5, 5.41) is 0.460. The first-order chi connectivity index (χ1) is 11.8. The van der Waals surface area contributed by atoms with Crippen LogP contribution in [0.25, 0.3) is 10.2 Å². The molecule has 3 heterocycles. The van der Waals surface area contributed by atoms with Gasteiger partial charge in [0.1, 0.15) is 15.5 Å². The van der Waals surface area contributed by atoms with Crippen LogP contribution >= 0.6 is 11.3 Å². The topological polar surface area (TPSA) is 87.5 Å². The monoisotopic (exact) mass is 364 g/mol. The lowest BCUT2D eigenvalue weighted by atomic mass is 10.1. The molecule has 1 atom stereocenters. The zero-order valence-corrected chi connectivity index (χ0v) is 15.4. The molecule has 0 radical (unpaired) electrons. The molecule has 0 aliphatic carbocycles. The minimum atomic E-state index is -0.985. The van der Waals surface area contributed by atoms with Crippen LogP contribution in [0.3, 0.4) is 0 Å². The van der Waals surface area contributed by atoms with E-state index >= 15 is 0 Å². The molecule has 7 nitrogen and oxygen atoms in total. The van der Waals surface area contributed by atoms with E-state index in [-0.39, 0.29) is 11.5 Å². The minimum Gasteiger partial charge on any atom is -0.466 e. The summed E-state index contributed by atoms with van der Waals surface area (Å²) in [6, 6.07) is 0. The molecule has 0 amide bonds. The van der Waals surface area contributed by atoms with Crippen molar-refractivity contribution in [1.82, 2.24) is 9.55 Å². The average molecular weight is 364 g/mol. The fraction of sp³-hybridized carbons (Fsp3) is 0.529. The molecule has 2 aromatic heterocycles. The molecule has 1 aliphatic rings. The molecular weight excluding hydrogens is 344 g/mol. The largest absolute Gasteiger partial charge is 0.466 e. The SMILES string of the molecule is COC(=O)[C@H](OC(=O)c1sc2nc3n(c(=O)c2c1C)CCC3)C(C)C. The zero-order valence-electron chi connectivity index (χ0n) is 14.6. The summed E-state index contributed by atoms with van der Waals surface area (Å²) < 4.78 is 11.7. The molecule has 1 aliphatic heterocycles. The fourth-order valence-corrected chi connectivity index (χ4v) is 4.08. The summed E-state index contributed by atoms with van der Waals surface area (Å²) in [5.74, 6) is -0.694. The van der Waals surface area contributed by atoms with E-state index in [4.69, 9.17) is 9.47 Å². The van der Waals surface area contributed by atoms with E-state index in [9.17, 15) is 14.4 Å². The lowest BCUT2D eigenvalue weighted by Crippen LogP contribution is -2.33. The Labute approximate surface area is 148 Å². The number of aryl methyl sites for hydroxylation is 2. The van der Waals surface area contributed by atoms with Crippen molar-refractivity contribution in [2.45, 2.75) is 46.3 Å². The molecule has 0 saturated carbocycles. The van der Waals surface area contributed by atoms with Crippen LogP contribution in [0.15, 0.2) is 4.79 Å². The molecule has 0 saturated heterocycles. The number of hydrogen-bond acceptors (Lipinski definition) is 7. The highest BCUT2D eigenvalue weighted by Gasteiger charge is 2.30. The molecule has 8 heteroatoms. The van der Waals surface area contributed by atoms with Crippen LogP contribution in [0.2, 0.25) is 0 Å². The van der Waals surface area contributed by atoms with Gasteiger partial charge in [-0.1, -0.05) is 13.8 Å². The summed E-state index contributed by atoms with van der Waals surface area (Å²) in [4.78, 5) is 42.4. The summed E-state index contributed by atoms with van der Waals surface area (Å²) in [7, 11) is 1.25. The van der Waals surface area contributed by atoms with Gasteiger partial charge in [0.2, 0.25) is 6.10 Å². The van der Waals surface area contributed by atoms with Crippen LogP contribution in [0.5, 0.6) is 0 Å². The predicted octanol–water partition coefficient (Wildman–Crippen LogP) is 2.07. The second-order valence-corrected chi connectivity index (χ2v) is 7.42. The van der Waals surface area contributed by atoms with Gasteiger partial charge in [-0.2, -0.15) is 0 Å². The van der Waals surface area contributed by atoms with Crippen LogP contribution in [0.4, 0.5) is 0 Å². The number of aromatic nitrogens is 2. The second kappa shape index (κ2) is 6.59. The molecule has 0 spiro atoms. The number of rotatable bonds is 4. The summed E-state index contributed by atoms with van der Waals surface area (Å²) in [6.45, 7) is 5.91. The van der Waals surface area contributed by atoms with Gasteiger partial charge in [0.15, 0.2) is 0 Å². The van der Waals surface area contributed by atoms with Crippen LogP contribution in [-0.2, 0) is 27.2 Å². The highest BCUT2D eigenvalue weighted by Crippen LogP contribution is 2.29. The van der Waals surface area contributed by atoms with E-state index in [0.717, 1.165) is 30.0 Å². The van der Waals surface area contributed by atoms with E-state index in [1.807, 2.05) is 0 Å². The van der Waals surface area contributed by atoms with Gasteiger partial charge >= 0.3 is 11.9 Å². The maximum atomic E-state index is 12.7. The summed E-state index contributed by atoms with van der Waals surface area (Å²) >= 11 is 1.13.